The second-order valence-corrected chi connectivity index (χ2v) is 23.0. The molecule has 344 valence electrons. The molecule has 0 unspecified atom stereocenters. The molecule has 3 aliphatic rings. The summed E-state index contributed by atoms with van der Waals surface area (Å²) >= 11 is 3.75. The van der Waals surface area contributed by atoms with Crippen molar-refractivity contribution in [3.8, 4) is 33.8 Å². The van der Waals surface area contributed by atoms with E-state index in [0.29, 0.717) is 13.2 Å². The van der Waals surface area contributed by atoms with Crippen LogP contribution in [0.3, 0.4) is 0 Å². The summed E-state index contributed by atoms with van der Waals surface area (Å²) < 4.78 is 18.4. The van der Waals surface area contributed by atoms with Crippen molar-refractivity contribution in [1.82, 2.24) is 0 Å². The molecule has 0 N–H and O–H groups in total. The van der Waals surface area contributed by atoms with Crippen LogP contribution in [0.15, 0.2) is 164 Å². The fraction of sp³-hybridized carbons (Fsp3) is 0.156. The second-order valence-electron chi connectivity index (χ2n) is 20.9. The zero-order valence-electron chi connectivity index (χ0n) is 40.8. The number of benzene rings is 9. The molecule has 0 spiro atoms. The minimum Gasteiger partial charge on any atom is -0.490 e. The Balaban J connectivity index is 0.999. The van der Waals surface area contributed by atoms with Crippen molar-refractivity contribution >= 4 is 120 Å². The highest BCUT2D eigenvalue weighted by Gasteiger charge is 2.45. The number of thiophene rings is 2. The molecule has 0 bridgehead atoms. The van der Waals surface area contributed by atoms with Gasteiger partial charge in [-0.05, 0) is 148 Å². The van der Waals surface area contributed by atoms with Crippen LogP contribution in [0.5, 0.6) is 11.5 Å². The van der Waals surface area contributed by atoms with E-state index in [4.69, 9.17) is 9.47 Å². The standard InChI is InChI=1S/C64H51BN2O2S2/c1-37-28-54-62-55(29-37)67(63-38(2)30-44(31-39(63)3)64(4,5)6)53-36-57-56(68-26-11-27-69-57)35-51(53)65(62)50-32-41(43-19-24-49-47-13-8-10-15-59(47)71-61(49)34-43)20-25-52(50)66(54)45-21-16-40(17-22-45)42-18-23-48-46-12-7-9-14-58(46)70-60(48)33-42/h7-10,12-25,28-36H,11,26-27H2,1-6H3. The number of aryl methyl sites for hydroxylation is 3. The van der Waals surface area contributed by atoms with E-state index in [-0.39, 0.29) is 12.1 Å². The van der Waals surface area contributed by atoms with Crippen LogP contribution in [0, 0.1) is 20.8 Å². The maximum absolute atomic E-state index is 6.58. The van der Waals surface area contributed by atoms with Crippen molar-refractivity contribution in [2.75, 3.05) is 23.0 Å². The molecule has 0 saturated heterocycles. The van der Waals surface area contributed by atoms with E-state index in [0.717, 1.165) is 29.3 Å². The molecule has 0 saturated carbocycles. The van der Waals surface area contributed by atoms with Crippen molar-refractivity contribution in [3.05, 3.63) is 186 Å². The summed E-state index contributed by atoms with van der Waals surface area (Å²) in [6, 6.07) is 62.2. The monoisotopic (exact) mass is 954 g/mol. The van der Waals surface area contributed by atoms with E-state index >= 15 is 0 Å². The smallest absolute Gasteiger partial charge is 0.252 e. The summed E-state index contributed by atoms with van der Waals surface area (Å²) in [5, 5.41) is 5.27. The van der Waals surface area contributed by atoms with Crippen LogP contribution >= 0.6 is 22.7 Å². The Hall–Kier alpha value is -7.32. The molecular formula is C64H51BN2O2S2. The minimum atomic E-state index is -0.0926. The lowest BCUT2D eigenvalue weighted by Gasteiger charge is -2.45. The Kier molecular flexibility index (Phi) is 9.50. The Bertz CT molecular complexity index is 4010. The molecule has 0 radical (unpaired) electrons. The average molecular weight is 955 g/mol. The topological polar surface area (TPSA) is 24.9 Å². The third-order valence-corrected chi connectivity index (χ3v) is 17.5. The van der Waals surface area contributed by atoms with Gasteiger partial charge >= 0.3 is 0 Å². The minimum absolute atomic E-state index is 0.00822. The number of rotatable bonds is 4. The molecule has 14 rings (SSSR count). The van der Waals surface area contributed by atoms with Crippen molar-refractivity contribution in [2.24, 2.45) is 0 Å². The SMILES string of the molecule is Cc1cc2c3c(c1)N(c1c(C)cc(C(C)(C)C)cc1C)c1cc4c(cc1B3c1cc(-c3ccc5c(c3)sc3ccccc35)ccc1N2c1ccc(-c2ccc3c(c2)sc2ccccc23)cc1)OCCCO4. The van der Waals surface area contributed by atoms with E-state index in [1.54, 1.807) is 0 Å². The molecule has 11 aromatic rings. The molecule has 4 nitrogen and oxygen atoms in total. The summed E-state index contributed by atoms with van der Waals surface area (Å²) in [6.45, 7) is 14.9. The van der Waals surface area contributed by atoms with Crippen molar-refractivity contribution < 1.29 is 9.47 Å². The van der Waals surface area contributed by atoms with Gasteiger partial charge in [0, 0.05) is 81.3 Å². The molecule has 71 heavy (non-hydrogen) atoms. The van der Waals surface area contributed by atoms with Gasteiger partial charge in [-0.1, -0.05) is 118 Å². The third-order valence-electron chi connectivity index (χ3n) is 15.2. The Morgan fingerprint density at radius 1 is 0.465 bits per heavy atom. The Labute approximate surface area is 423 Å². The first kappa shape index (κ1) is 42.6. The highest BCUT2D eigenvalue weighted by molar-refractivity contribution is 7.26. The molecule has 0 aliphatic carbocycles. The molecule has 0 fully saturated rings. The van der Waals surface area contributed by atoms with E-state index in [2.05, 4.69) is 215 Å². The van der Waals surface area contributed by atoms with E-state index in [9.17, 15) is 0 Å². The van der Waals surface area contributed by atoms with Gasteiger partial charge in [-0.25, -0.2) is 0 Å². The maximum Gasteiger partial charge on any atom is 0.252 e. The molecule has 5 heterocycles. The summed E-state index contributed by atoms with van der Waals surface area (Å²) in [4.78, 5) is 5.09. The number of hydrogen-bond acceptors (Lipinski definition) is 6. The van der Waals surface area contributed by atoms with Gasteiger partial charge in [0.05, 0.1) is 18.9 Å². The molecule has 7 heteroatoms. The summed E-state index contributed by atoms with van der Waals surface area (Å²) in [6.07, 6.45) is 0.840. The van der Waals surface area contributed by atoms with Crippen LogP contribution in [0.4, 0.5) is 34.1 Å². The van der Waals surface area contributed by atoms with Gasteiger partial charge in [-0.2, -0.15) is 0 Å². The van der Waals surface area contributed by atoms with E-state index < -0.39 is 0 Å². The summed E-state index contributed by atoms with van der Waals surface area (Å²) in [5.41, 5.74) is 20.7. The third kappa shape index (κ3) is 6.70. The van der Waals surface area contributed by atoms with Gasteiger partial charge in [0.25, 0.3) is 6.71 Å². The number of anilines is 6. The predicted molar refractivity (Wildman–Crippen MR) is 306 cm³/mol. The zero-order chi connectivity index (χ0) is 47.9. The molecule has 3 aliphatic heterocycles. The van der Waals surface area contributed by atoms with Crippen LogP contribution in [-0.2, 0) is 5.41 Å². The fourth-order valence-electron chi connectivity index (χ4n) is 11.8. The van der Waals surface area contributed by atoms with Crippen molar-refractivity contribution in [3.63, 3.8) is 0 Å². The quantitative estimate of drug-likeness (QED) is 0.164. The molecule has 9 aromatic carbocycles. The van der Waals surface area contributed by atoms with Crippen LogP contribution in [0.1, 0.15) is 49.4 Å². The number of ether oxygens (including phenoxy) is 2. The fourth-order valence-corrected chi connectivity index (χ4v) is 14.1. The Morgan fingerprint density at radius 3 is 1.62 bits per heavy atom. The highest BCUT2D eigenvalue weighted by atomic mass is 32.1. The Morgan fingerprint density at radius 2 is 0.986 bits per heavy atom. The zero-order valence-corrected chi connectivity index (χ0v) is 42.4. The van der Waals surface area contributed by atoms with E-state index in [1.807, 2.05) is 22.7 Å². The first-order valence-corrected chi connectivity index (χ1v) is 26.5. The van der Waals surface area contributed by atoms with Gasteiger partial charge in [-0.3, -0.25) is 0 Å². The normalized spacial score (nSPS) is 14.0. The van der Waals surface area contributed by atoms with Crippen LogP contribution in [0.2, 0.25) is 0 Å². The predicted octanol–water partition coefficient (Wildman–Crippen LogP) is 16.2. The number of hydrogen-bond donors (Lipinski definition) is 0. The molecule has 2 aromatic heterocycles. The molecule has 0 atom stereocenters. The summed E-state index contributed by atoms with van der Waals surface area (Å²) in [5.74, 6) is 1.62. The van der Waals surface area contributed by atoms with Crippen molar-refractivity contribution in [2.45, 2.75) is 53.4 Å². The van der Waals surface area contributed by atoms with Gasteiger partial charge in [0.15, 0.2) is 11.5 Å². The van der Waals surface area contributed by atoms with Gasteiger partial charge < -0.3 is 19.3 Å². The van der Waals surface area contributed by atoms with Crippen LogP contribution in [-0.4, -0.2) is 19.9 Å². The van der Waals surface area contributed by atoms with Crippen molar-refractivity contribution in [1.29, 1.82) is 0 Å². The first-order valence-electron chi connectivity index (χ1n) is 24.9. The average Bonchev–Trinajstić information content (AvgIpc) is 3.84. The first-order chi connectivity index (χ1) is 34.5. The van der Waals surface area contributed by atoms with Gasteiger partial charge in [0.2, 0.25) is 0 Å². The van der Waals surface area contributed by atoms with Crippen LogP contribution < -0.4 is 35.7 Å². The second kappa shape index (κ2) is 15.8. The molecular weight excluding hydrogens is 904 g/mol. The summed E-state index contributed by atoms with van der Waals surface area (Å²) in [7, 11) is 0. The molecule has 0 amide bonds. The number of fused-ring (bicyclic) bond motifs is 11. The van der Waals surface area contributed by atoms with E-state index in [1.165, 1.54) is 124 Å². The van der Waals surface area contributed by atoms with Crippen LogP contribution in [0.25, 0.3) is 62.6 Å². The largest absolute Gasteiger partial charge is 0.490 e. The van der Waals surface area contributed by atoms with Gasteiger partial charge in [-0.15, -0.1) is 22.7 Å². The maximum atomic E-state index is 6.58. The lowest BCUT2D eigenvalue weighted by atomic mass is 9.33. The lowest BCUT2D eigenvalue weighted by Crippen LogP contribution is -2.61. The van der Waals surface area contributed by atoms with Gasteiger partial charge in [0.1, 0.15) is 0 Å². The highest BCUT2D eigenvalue weighted by Crippen LogP contribution is 2.50. The number of nitrogens with zero attached hydrogens (tertiary/aromatic N) is 2. The lowest BCUT2D eigenvalue weighted by molar-refractivity contribution is 0.297.